The Kier molecular flexibility index (Phi) is 6.97. The fourth-order valence-corrected chi connectivity index (χ4v) is 4.56. The van der Waals surface area contributed by atoms with E-state index in [0.717, 1.165) is 18.2 Å². The Balaban J connectivity index is 1.55. The van der Waals surface area contributed by atoms with Crippen LogP contribution < -0.4 is 9.64 Å². The summed E-state index contributed by atoms with van der Waals surface area (Å²) in [5, 5.41) is 0. The summed E-state index contributed by atoms with van der Waals surface area (Å²) in [6.07, 6.45) is 1.09. The Morgan fingerprint density at radius 3 is 2.56 bits per heavy atom. The molecule has 0 N–H and O–H groups in total. The van der Waals surface area contributed by atoms with Crippen LogP contribution in [-0.2, 0) is 9.47 Å². The molecule has 8 nitrogen and oxygen atoms in total. The normalized spacial score (nSPS) is 19.4. The minimum atomic E-state index is -0.734. The number of carbonyl (C=O) groups is 1. The lowest BCUT2D eigenvalue weighted by atomic mass is 10.0. The van der Waals surface area contributed by atoms with Crippen molar-refractivity contribution in [1.29, 1.82) is 0 Å². The molecule has 3 heterocycles. The van der Waals surface area contributed by atoms with Gasteiger partial charge in [-0.2, -0.15) is 0 Å². The van der Waals surface area contributed by atoms with Gasteiger partial charge in [0.2, 0.25) is 0 Å². The lowest BCUT2D eigenvalue weighted by Gasteiger charge is -2.32. The van der Waals surface area contributed by atoms with Gasteiger partial charge >= 0.3 is 0 Å². The van der Waals surface area contributed by atoms with Gasteiger partial charge in [0, 0.05) is 55.5 Å². The van der Waals surface area contributed by atoms with Gasteiger partial charge in [0.15, 0.2) is 0 Å². The van der Waals surface area contributed by atoms with Gasteiger partial charge in [0.25, 0.3) is 5.91 Å². The van der Waals surface area contributed by atoms with E-state index in [1.54, 1.807) is 30.2 Å². The van der Waals surface area contributed by atoms with E-state index in [2.05, 4.69) is 9.88 Å². The van der Waals surface area contributed by atoms with Crippen LogP contribution >= 0.6 is 0 Å². The predicted octanol–water partition coefficient (Wildman–Crippen LogP) is 3.75. The van der Waals surface area contributed by atoms with Gasteiger partial charge in [-0.1, -0.05) is 0 Å². The second-order valence-electron chi connectivity index (χ2n) is 9.06. The van der Waals surface area contributed by atoms with E-state index in [1.807, 2.05) is 6.92 Å². The van der Waals surface area contributed by atoms with Crippen molar-refractivity contribution >= 4 is 22.8 Å². The van der Waals surface area contributed by atoms with Crippen LogP contribution in [-0.4, -0.2) is 72.9 Å². The van der Waals surface area contributed by atoms with E-state index >= 15 is 0 Å². The number of anilines is 1. The lowest BCUT2D eigenvalue weighted by Crippen LogP contribution is -2.41. The van der Waals surface area contributed by atoms with Crippen molar-refractivity contribution in [1.82, 2.24) is 14.9 Å². The van der Waals surface area contributed by atoms with E-state index in [4.69, 9.17) is 19.2 Å². The molecule has 5 rings (SSSR count). The molecular weight excluding hydrogens is 470 g/mol. The highest BCUT2D eigenvalue weighted by molar-refractivity contribution is 5.98. The summed E-state index contributed by atoms with van der Waals surface area (Å²) >= 11 is 0. The molecule has 2 saturated heterocycles. The van der Waals surface area contributed by atoms with Gasteiger partial charge in [-0.3, -0.25) is 9.78 Å². The first-order valence-electron chi connectivity index (χ1n) is 12.0. The Labute approximate surface area is 207 Å². The molecule has 2 atom stereocenters. The van der Waals surface area contributed by atoms with Gasteiger partial charge in [-0.25, -0.2) is 13.8 Å². The molecule has 0 spiro atoms. The first-order valence-corrected chi connectivity index (χ1v) is 12.0. The van der Waals surface area contributed by atoms with Crippen molar-refractivity contribution in [2.24, 2.45) is 0 Å². The third-order valence-electron chi connectivity index (χ3n) is 6.36. The summed E-state index contributed by atoms with van der Waals surface area (Å²) in [5.41, 5.74) is 2.15. The zero-order chi connectivity index (χ0) is 25.2. The monoisotopic (exact) mass is 498 g/mol. The number of fused-ring (bicyclic) bond motifs is 1. The van der Waals surface area contributed by atoms with E-state index in [1.165, 1.54) is 0 Å². The average molecular weight is 499 g/mol. The minimum Gasteiger partial charge on any atom is -0.486 e. The highest BCUT2D eigenvalue weighted by Crippen LogP contribution is 2.31. The predicted molar refractivity (Wildman–Crippen MR) is 129 cm³/mol. The van der Waals surface area contributed by atoms with Crippen LogP contribution in [0.3, 0.4) is 0 Å². The highest BCUT2D eigenvalue weighted by atomic mass is 19.1. The van der Waals surface area contributed by atoms with Gasteiger partial charge in [0.05, 0.1) is 43.2 Å². The topological polar surface area (TPSA) is 77.0 Å². The number of hydrogen-bond donors (Lipinski definition) is 0. The minimum absolute atomic E-state index is 0.0455. The third-order valence-corrected chi connectivity index (χ3v) is 6.36. The second-order valence-corrected chi connectivity index (χ2v) is 9.06. The van der Waals surface area contributed by atoms with Crippen molar-refractivity contribution in [3.63, 3.8) is 0 Å². The molecule has 0 saturated carbocycles. The molecule has 0 bridgehead atoms. The number of rotatable bonds is 5. The molecule has 2 aliphatic rings. The standard InChI is InChI=1S/C26H28F2N4O4/c1-16-15-32(5-8-35-16)24-14-29-23-10-18(26(33)31-3-6-34-7-4-31)9-22(25(23)30-24)17(2)36-21-12-19(27)11-20(28)13-21/h9-14,16-17H,3-8,15H2,1-2H3/t16-,17?/m1/s1. The van der Waals surface area contributed by atoms with Gasteiger partial charge in [-0.05, 0) is 26.0 Å². The quantitative estimate of drug-likeness (QED) is 0.530. The zero-order valence-corrected chi connectivity index (χ0v) is 20.2. The van der Waals surface area contributed by atoms with Crippen molar-refractivity contribution in [3.8, 4) is 5.75 Å². The fourth-order valence-electron chi connectivity index (χ4n) is 4.56. The molecule has 2 aromatic carbocycles. The van der Waals surface area contributed by atoms with Crippen LogP contribution in [0.2, 0.25) is 0 Å². The Hall–Kier alpha value is -3.37. The molecule has 0 radical (unpaired) electrons. The number of ether oxygens (including phenoxy) is 3. The van der Waals surface area contributed by atoms with Crippen LogP contribution in [0, 0.1) is 11.6 Å². The van der Waals surface area contributed by atoms with Crippen molar-refractivity contribution in [2.45, 2.75) is 26.1 Å². The Bertz CT molecular complexity index is 1250. The summed E-state index contributed by atoms with van der Waals surface area (Å²) < 4.78 is 44.5. The van der Waals surface area contributed by atoms with Crippen LogP contribution in [0.25, 0.3) is 11.0 Å². The number of halogens is 2. The maximum Gasteiger partial charge on any atom is 0.254 e. The number of aromatic nitrogens is 2. The molecule has 1 aromatic heterocycles. The number of carbonyl (C=O) groups excluding carboxylic acids is 1. The molecular formula is C26H28F2N4O4. The van der Waals surface area contributed by atoms with Crippen molar-refractivity contribution < 1.29 is 27.8 Å². The number of morpholine rings is 2. The van der Waals surface area contributed by atoms with E-state index in [-0.39, 0.29) is 17.8 Å². The first-order chi connectivity index (χ1) is 17.4. The van der Waals surface area contributed by atoms with Crippen LogP contribution in [0.4, 0.5) is 14.6 Å². The molecule has 0 aliphatic carbocycles. The first kappa shape index (κ1) is 24.3. The molecule has 190 valence electrons. The Morgan fingerprint density at radius 1 is 1.08 bits per heavy atom. The van der Waals surface area contributed by atoms with Gasteiger partial charge in [-0.15, -0.1) is 0 Å². The van der Waals surface area contributed by atoms with Crippen molar-refractivity contribution in [3.05, 3.63) is 59.3 Å². The third kappa shape index (κ3) is 5.24. The molecule has 2 fully saturated rings. The van der Waals surface area contributed by atoms with Gasteiger partial charge in [0.1, 0.15) is 29.3 Å². The Morgan fingerprint density at radius 2 is 1.83 bits per heavy atom. The fraction of sp³-hybridized carbons (Fsp3) is 0.423. The SMILES string of the molecule is CC(Oc1cc(F)cc(F)c1)c1cc(C(=O)N2CCOCC2)cc2ncc(N3CCO[C@H](C)C3)nc12. The maximum atomic E-state index is 13.8. The average Bonchev–Trinajstić information content (AvgIpc) is 2.87. The molecule has 10 heteroatoms. The molecule has 2 aliphatic heterocycles. The van der Waals surface area contributed by atoms with Crippen molar-refractivity contribution in [2.75, 3.05) is 50.9 Å². The maximum absolute atomic E-state index is 13.8. The molecule has 36 heavy (non-hydrogen) atoms. The van der Waals surface area contributed by atoms with Gasteiger partial charge < -0.3 is 24.0 Å². The van der Waals surface area contributed by atoms with E-state index in [0.29, 0.717) is 74.0 Å². The summed E-state index contributed by atoms with van der Waals surface area (Å²) in [6.45, 7) is 7.68. The summed E-state index contributed by atoms with van der Waals surface area (Å²) in [7, 11) is 0. The molecule has 1 amide bonds. The lowest BCUT2D eigenvalue weighted by molar-refractivity contribution is 0.0303. The van der Waals surface area contributed by atoms with Crippen LogP contribution in [0.15, 0.2) is 36.5 Å². The summed E-state index contributed by atoms with van der Waals surface area (Å²) in [5.74, 6) is -0.874. The molecule has 3 aromatic rings. The highest BCUT2D eigenvalue weighted by Gasteiger charge is 2.24. The van der Waals surface area contributed by atoms with Crippen LogP contribution in [0.1, 0.15) is 35.9 Å². The summed E-state index contributed by atoms with van der Waals surface area (Å²) in [4.78, 5) is 26.6. The number of nitrogens with zero attached hydrogens (tertiary/aromatic N) is 4. The van der Waals surface area contributed by atoms with E-state index < -0.39 is 17.7 Å². The summed E-state index contributed by atoms with van der Waals surface area (Å²) in [6, 6.07) is 6.49. The van der Waals surface area contributed by atoms with Crippen LogP contribution in [0.5, 0.6) is 5.75 Å². The molecule has 1 unspecified atom stereocenters. The smallest absolute Gasteiger partial charge is 0.254 e. The number of benzene rings is 2. The number of amides is 1. The number of hydrogen-bond acceptors (Lipinski definition) is 7. The zero-order valence-electron chi connectivity index (χ0n) is 20.2. The second kappa shape index (κ2) is 10.3. The van der Waals surface area contributed by atoms with E-state index in [9.17, 15) is 13.6 Å². The largest absolute Gasteiger partial charge is 0.486 e.